The zero-order valence-electron chi connectivity index (χ0n) is 10.0. The molecule has 0 saturated carbocycles. The second kappa shape index (κ2) is 6.49. The fourth-order valence-electron chi connectivity index (χ4n) is 1.93. The summed E-state index contributed by atoms with van der Waals surface area (Å²) in [5.74, 6) is -0.247. The third-order valence-electron chi connectivity index (χ3n) is 3.09. The van der Waals surface area contributed by atoms with E-state index in [9.17, 15) is 4.79 Å². The molecule has 0 spiro atoms. The molecule has 1 saturated heterocycles. The first-order chi connectivity index (χ1) is 7.69. The van der Waals surface area contributed by atoms with Crippen LogP contribution in [0.15, 0.2) is 0 Å². The van der Waals surface area contributed by atoms with E-state index in [1.54, 1.807) is 0 Å². The summed E-state index contributed by atoms with van der Waals surface area (Å²) < 4.78 is 5.28. The standard InChI is InChI=1S/C12H20N2O2/c1-3-4-10(7-13)12(15)14-9(2)11-5-6-16-8-11/h9-11H,3-6,8H2,1-2H3,(H,14,15). The average molecular weight is 224 g/mol. The van der Waals surface area contributed by atoms with Gasteiger partial charge in [0, 0.05) is 18.6 Å². The van der Waals surface area contributed by atoms with Gasteiger partial charge in [-0.2, -0.15) is 5.26 Å². The second-order valence-corrected chi connectivity index (χ2v) is 4.39. The molecule has 0 aromatic carbocycles. The Balaban J connectivity index is 2.40. The second-order valence-electron chi connectivity index (χ2n) is 4.39. The summed E-state index contributed by atoms with van der Waals surface area (Å²) in [6.45, 7) is 5.46. The normalized spacial score (nSPS) is 23.4. The van der Waals surface area contributed by atoms with Crippen LogP contribution in [0.25, 0.3) is 0 Å². The predicted octanol–water partition coefficient (Wildman–Crippen LogP) is 1.47. The van der Waals surface area contributed by atoms with Crippen molar-refractivity contribution in [1.82, 2.24) is 5.32 Å². The number of rotatable bonds is 5. The highest BCUT2D eigenvalue weighted by Gasteiger charge is 2.26. The quantitative estimate of drug-likeness (QED) is 0.769. The van der Waals surface area contributed by atoms with Crippen LogP contribution in [-0.4, -0.2) is 25.2 Å². The summed E-state index contributed by atoms with van der Waals surface area (Å²) in [6.07, 6.45) is 2.48. The Morgan fingerprint density at radius 1 is 1.69 bits per heavy atom. The molecule has 1 fully saturated rings. The van der Waals surface area contributed by atoms with Crippen LogP contribution in [0.2, 0.25) is 0 Å². The largest absolute Gasteiger partial charge is 0.381 e. The van der Waals surface area contributed by atoms with E-state index in [1.807, 2.05) is 13.8 Å². The zero-order chi connectivity index (χ0) is 12.0. The predicted molar refractivity (Wildman–Crippen MR) is 60.5 cm³/mol. The van der Waals surface area contributed by atoms with E-state index in [1.165, 1.54) is 0 Å². The lowest BCUT2D eigenvalue weighted by atomic mass is 9.98. The first-order valence-electron chi connectivity index (χ1n) is 5.96. The monoisotopic (exact) mass is 224 g/mol. The Bertz CT molecular complexity index is 267. The molecule has 4 heteroatoms. The molecule has 0 aromatic rings. The highest BCUT2D eigenvalue weighted by Crippen LogP contribution is 2.17. The minimum absolute atomic E-state index is 0.0997. The summed E-state index contributed by atoms with van der Waals surface area (Å²) in [5, 5.41) is 11.8. The van der Waals surface area contributed by atoms with Gasteiger partial charge < -0.3 is 10.1 Å². The Hall–Kier alpha value is -1.08. The molecular formula is C12H20N2O2. The van der Waals surface area contributed by atoms with E-state index in [0.717, 1.165) is 19.4 Å². The highest BCUT2D eigenvalue weighted by atomic mass is 16.5. The van der Waals surface area contributed by atoms with Crippen molar-refractivity contribution < 1.29 is 9.53 Å². The molecule has 1 heterocycles. The smallest absolute Gasteiger partial charge is 0.237 e. The van der Waals surface area contributed by atoms with Gasteiger partial charge in [0.2, 0.25) is 5.91 Å². The van der Waals surface area contributed by atoms with Gasteiger partial charge >= 0.3 is 0 Å². The summed E-state index contributed by atoms with van der Waals surface area (Å²) in [4.78, 5) is 11.8. The molecular weight excluding hydrogens is 204 g/mol. The Labute approximate surface area is 97.0 Å². The van der Waals surface area contributed by atoms with Crippen molar-refractivity contribution in [2.45, 2.75) is 39.2 Å². The topological polar surface area (TPSA) is 62.1 Å². The lowest BCUT2D eigenvalue weighted by molar-refractivity contribution is -0.124. The van der Waals surface area contributed by atoms with Gasteiger partial charge in [0.1, 0.15) is 5.92 Å². The Morgan fingerprint density at radius 3 is 2.94 bits per heavy atom. The van der Waals surface area contributed by atoms with E-state index in [-0.39, 0.29) is 11.9 Å². The first-order valence-corrected chi connectivity index (χ1v) is 5.96. The van der Waals surface area contributed by atoms with Crippen molar-refractivity contribution in [2.24, 2.45) is 11.8 Å². The fourth-order valence-corrected chi connectivity index (χ4v) is 1.93. The molecule has 1 N–H and O–H groups in total. The lowest BCUT2D eigenvalue weighted by Gasteiger charge is -2.20. The van der Waals surface area contributed by atoms with Gasteiger partial charge in [-0.15, -0.1) is 0 Å². The number of hydrogen-bond donors (Lipinski definition) is 1. The maximum atomic E-state index is 11.8. The summed E-state index contributed by atoms with van der Waals surface area (Å²) in [7, 11) is 0. The van der Waals surface area contributed by atoms with Crippen molar-refractivity contribution in [1.29, 1.82) is 5.26 Å². The van der Waals surface area contributed by atoms with Crippen LogP contribution in [0.5, 0.6) is 0 Å². The molecule has 1 aliphatic rings. The average Bonchev–Trinajstić information content (AvgIpc) is 2.78. The van der Waals surface area contributed by atoms with Gasteiger partial charge in [0.15, 0.2) is 0 Å². The summed E-state index contributed by atoms with van der Waals surface area (Å²) in [6, 6.07) is 2.16. The molecule has 3 unspecified atom stereocenters. The van der Waals surface area contributed by atoms with Crippen LogP contribution in [0.1, 0.15) is 33.1 Å². The molecule has 0 bridgehead atoms. The fraction of sp³-hybridized carbons (Fsp3) is 0.833. The molecule has 4 nitrogen and oxygen atoms in total. The van der Waals surface area contributed by atoms with Crippen molar-refractivity contribution in [2.75, 3.05) is 13.2 Å². The third-order valence-corrected chi connectivity index (χ3v) is 3.09. The molecule has 0 aliphatic carbocycles. The van der Waals surface area contributed by atoms with Crippen LogP contribution < -0.4 is 5.32 Å². The van der Waals surface area contributed by atoms with Crippen LogP contribution in [0.4, 0.5) is 0 Å². The zero-order valence-corrected chi connectivity index (χ0v) is 10.0. The van der Waals surface area contributed by atoms with Gasteiger partial charge in [0.05, 0.1) is 12.7 Å². The SMILES string of the molecule is CCCC(C#N)C(=O)NC(C)C1CCOC1. The molecule has 1 aliphatic heterocycles. The molecule has 1 amide bonds. The summed E-state index contributed by atoms with van der Waals surface area (Å²) in [5.41, 5.74) is 0. The molecule has 0 radical (unpaired) electrons. The molecule has 1 rings (SSSR count). The van der Waals surface area contributed by atoms with E-state index in [0.29, 0.717) is 18.9 Å². The minimum atomic E-state index is -0.505. The summed E-state index contributed by atoms with van der Waals surface area (Å²) >= 11 is 0. The van der Waals surface area contributed by atoms with Crippen molar-refractivity contribution in [3.8, 4) is 6.07 Å². The van der Waals surface area contributed by atoms with E-state index in [4.69, 9.17) is 10.00 Å². The van der Waals surface area contributed by atoms with Crippen molar-refractivity contribution in [3.63, 3.8) is 0 Å². The maximum absolute atomic E-state index is 11.8. The Morgan fingerprint density at radius 2 is 2.44 bits per heavy atom. The number of nitrogens with one attached hydrogen (secondary N) is 1. The lowest BCUT2D eigenvalue weighted by Crippen LogP contribution is -2.41. The van der Waals surface area contributed by atoms with Crippen LogP contribution in [-0.2, 0) is 9.53 Å². The van der Waals surface area contributed by atoms with Crippen molar-refractivity contribution >= 4 is 5.91 Å². The van der Waals surface area contributed by atoms with Crippen LogP contribution >= 0.6 is 0 Å². The number of carbonyl (C=O) groups excluding carboxylic acids is 1. The van der Waals surface area contributed by atoms with Gasteiger partial charge in [0.25, 0.3) is 0 Å². The molecule has 3 atom stereocenters. The van der Waals surface area contributed by atoms with Gasteiger partial charge in [-0.05, 0) is 19.8 Å². The maximum Gasteiger partial charge on any atom is 0.237 e. The van der Waals surface area contributed by atoms with E-state index in [2.05, 4.69) is 11.4 Å². The molecule has 16 heavy (non-hydrogen) atoms. The molecule has 90 valence electrons. The van der Waals surface area contributed by atoms with Crippen molar-refractivity contribution in [3.05, 3.63) is 0 Å². The number of carbonyl (C=O) groups is 1. The number of amides is 1. The third kappa shape index (κ3) is 3.49. The van der Waals surface area contributed by atoms with Crippen LogP contribution in [0, 0.1) is 23.2 Å². The van der Waals surface area contributed by atoms with E-state index < -0.39 is 5.92 Å². The number of nitrogens with zero attached hydrogens (tertiary/aromatic N) is 1. The van der Waals surface area contributed by atoms with E-state index >= 15 is 0 Å². The number of nitriles is 1. The van der Waals surface area contributed by atoms with Crippen LogP contribution in [0.3, 0.4) is 0 Å². The van der Waals surface area contributed by atoms with Gasteiger partial charge in [-0.3, -0.25) is 4.79 Å². The number of ether oxygens (including phenoxy) is 1. The minimum Gasteiger partial charge on any atom is -0.381 e. The van der Waals surface area contributed by atoms with Gasteiger partial charge in [-0.1, -0.05) is 13.3 Å². The first kappa shape index (κ1) is 13.0. The highest BCUT2D eigenvalue weighted by molar-refractivity contribution is 5.81. The Kier molecular flexibility index (Phi) is 5.27. The van der Waals surface area contributed by atoms with Gasteiger partial charge in [-0.25, -0.2) is 0 Å². The number of hydrogen-bond acceptors (Lipinski definition) is 3. The molecule has 0 aromatic heterocycles.